The van der Waals surface area contributed by atoms with Gasteiger partial charge in [-0.25, -0.2) is 9.78 Å². The minimum atomic E-state index is -0.489. The zero-order valence-corrected chi connectivity index (χ0v) is 15.3. The topological polar surface area (TPSA) is 136 Å². The standard InChI is InChI=1S/C19H18N8O2/c28-18-14(24-19(29)26-18)6-12-9-22-27-16(21-8-11-3-4-11)7-15(25-17(12)27)23-13-2-1-5-20-10-13/h1-2,5-7,9-11,23,28H,3-4,8H2,(H2,24,26,29)/b12-6+,21-16?. The molecular formula is C19H18N8O2. The van der Waals surface area contributed by atoms with Gasteiger partial charge in [0.05, 0.1) is 18.1 Å². The van der Waals surface area contributed by atoms with Crippen molar-refractivity contribution >= 4 is 23.2 Å². The molecule has 0 aliphatic heterocycles. The van der Waals surface area contributed by atoms with Crippen molar-refractivity contribution in [3.05, 3.63) is 63.7 Å². The maximum atomic E-state index is 11.4. The lowest BCUT2D eigenvalue weighted by Gasteiger charge is -2.05. The van der Waals surface area contributed by atoms with Crippen LogP contribution in [-0.4, -0.2) is 41.2 Å². The number of anilines is 2. The molecule has 0 atom stereocenters. The Morgan fingerprint density at radius 3 is 2.97 bits per heavy atom. The van der Waals surface area contributed by atoms with Crippen LogP contribution in [0.2, 0.25) is 0 Å². The van der Waals surface area contributed by atoms with E-state index in [-0.39, 0.29) is 11.6 Å². The highest BCUT2D eigenvalue weighted by Gasteiger charge is 2.20. The molecule has 0 amide bonds. The second-order valence-electron chi connectivity index (χ2n) is 6.97. The molecule has 0 bridgehead atoms. The predicted molar refractivity (Wildman–Crippen MR) is 106 cm³/mol. The molecule has 5 rings (SSSR count). The summed E-state index contributed by atoms with van der Waals surface area (Å²) in [6.07, 6.45) is 9.05. The van der Waals surface area contributed by atoms with Crippen LogP contribution in [0, 0.1) is 5.92 Å². The van der Waals surface area contributed by atoms with Crippen LogP contribution in [0.5, 0.6) is 5.88 Å². The molecule has 29 heavy (non-hydrogen) atoms. The van der Waals surface area contributed by atoms with E-state index < -0.39 is 5.69 Å². The van der Waals surface area contributed by atoms with Gasteiger partial charge in [-0.15, -0.1) is 0 Å². The molecule has 4 aromatic heterocycles. The molecule has 146 valence electrons. The summed E-state index contributed by atoms with van der Waals surface area (Å²) in [6, 6.07) is 5.57. The zero-order valence-electron chi connectivity index (χ0n) is 15.3. The van der Waals surface area contributed by atoms with Gasteiger partial charge in [-0.2, -0.15) is 9.61 Å². The minimum absolute atomic E-state index is 0.238. The number of aromatic amines is 2. The van der Waals surface area contributed by atoms with Gasteiger partial charge < -0.3 is 15.4 Å². The first-order chi connectivity index (χ1) is 14.2. The smallest absolute Gasteiger partial charge is 0.326 e. The van der Waals surface area contributed by atoms with Crippen LogP contribution < -0.4 is 21.7 Å². The molecule has 4 heterocycles. The van der Waals surface area contributed by atoms with Crippen molar-refractivity contribution in [2.45, 2.75) is 12.8 Å². The van der Waals surface area contributed by atoms with Crippen LogP contribution in [0.1, 0.15) is 18.5 Å². The van der Waals surface area contributed by atoms with E-state index in [0.29, 0.717) is 28.1 Å². The Morgan fingerprint density at radius 2 is 2.24 bits per heavy atom. The minimum Gasteiger partial charge on any atom is -0.493 e. The van der Waals surface area contributed by atoms with Gasteiger partial charge in [0.1, 0.15) is 11.5 Å². The van der Waals surface area contributed by atoms with Crippen LogP contribution >= 0.6 is 0 Å². The third kappa shape index (κ3) is 3.59. The Kier molecular flexibility index (Phi) is 4.08. The number of hydrogen-bond donors (Lipinski definition) is 4. The highest BCUT2D eigenvalue weighted by molar-refractivity contribution is 5.60. The molecule has 4 N–H and O–H groups in total. The average molecular weight is 390 g/mol. The summed E-state index contributed by atoms with van der Waals surface area (Å²) in [7, 11) is 0. The van der Waals surface area contributed by atoms with Gasteiger partial charge in [0.2, 0.25) is 5.88 Å². The van der Waals surface area contributed by atoms with E-state index in [0.717, 1.165) is 12.2 Å². The monoisotopic (exact) mass is 390 g/mol. The summed E-state index contributed by atoms with van der Waals surface area (Å²) in [5, 5.41) is 18.1. The second-order valence-corrected chi connectivity index (χ2v) is 6.97. The number of nitrogens with zero attached hydrogens (tertiary/aromatic N) is 5. The fraction of sp³-hybridized carbons (Fsp3) is 0.211. The first kappa shape index (κ1) is 17.2. The van der Waals surface area contributed by atoms with Gasteiger partial charge in [-0.3, -0.25) is 15.0 Å². The van der Waals surface area contributed by atoms with Gasteiger partial charge in [0.25, 0.3) is 0 Å². The summed E-state index contributed by atoms with van der Waals surface area (Å²) in [4.78, 5) is 29.7. The Morgan fingerprint density at radius 1 is 1.34 bits per heavy atom. The van der Waals surface area contributed by atoms with E-state index in [4.69, 9.17) is 4.99 Å². The molecule has 4 aromatic rings. The maximum Gasteiger partial charge on any atom is 0.326 e. The first-order valence-electron chi connectivity index (χ1n) is 9.25. The quantitative estimate of drug-likeness (QED) is 0.391. The summed E-state index contributed by atoms with van der Waals surface area (Å²) in [6.45, 7) is 0.746. The van der Waals surface area contributed by atoms with Crippen molar-refractivity contribution in [2.75, 3.05) is 11.9 Å². The number of imidazole rings is 1. The van der Waals surface area contributed by atoms with Crippen molar-refractivity contribution in [1.82, 2.24) is 29.5 Å². The summed E-state index contributed by atoms with van der Waals surface area (Å²) in [5.74, 6) is 0.996. The van der Waals surface area contributed by atoms with E-state index in [1.807, 2.05) is 18.2 Å². The normalized spacial score (nSPS) is 15.3. The van der Waals surface area contributed by atoms with Gasteiger partial charge in [-0.05, 0) is 37.0 Å². The Balaban J connectivity index is 1.66. The Bertz CT molecular complexity index is 1350. The molecule has 1 aliphatic carbocycles. The van der Waals surface area contributed by atoms with E-state index in [9.17, 15) is 9.90 Å². The fourth-order valence-electron chi connectivity index (χ4n) is 3.00. The maximum absolute atomic E-state index is 11.4. The van der Waals surface area contributed by atoms with Crippen LogP contribution in [-0.2, 0) is 0 Å². The third-order valence-corrected chi connectivity index (χ3v) is 4.66. The second kappa shape index (κ2) is 6.89. The molecule has 10 nitrogen and oxygen atoms in total. The van der Waals surface area contributed by atoms with Crippen molar-refractivity contribution < 1.29 is 5.11 Å². The Labute approximate surface area is 163 Å². The predicted octanol–water partition coefficient (Wildman–Crippen LogP) is 0.448. The van der Waals surface area contributed by atoms with Gasteiger partial charge in [0, 0.05) is 24.0 Å². The van der Waals surface area contributed by atoms with Crippen LogP contribution in [0.15, 0.2) is 46.6 Å². The van der Waals surface area contributed by atoms with E-state index >= 15 is 0 Å². The number of fused-ring (bicyclic) bond motifs is 1. The van der Waals surface area contributed by atoms with E-state index in [1.165, 1.54) is 12.8 Å². The van der Waals surface area contributed by atoms with Crippen molar-refractivity contribution in [2.24, 2.45) is 10.9 Å². The number of pyridine rings is 1. The number of nitrogens with one attached hydrogen (secondary N) is 3. The fourth-order valence-corrected chi connectivity index (χ4v) is 3.00. The lowest BCUT2D eigenvalue weighted by molar-refractivity contribution is 0.454. The number of aromatic nitrogens is 6. The van der Waals surface area contributed by atoms with E-state index in [1.54, 1.807) is 29.2 Å². The summed E-state index contributed by atoms with van der Waals surface area (Å²) in [5.41, 5.74) is 1.80. The van der Waals surface area contributed by atoms with Gasteiger partial charge >= 0.3 is 5.69 Å². The van der Waals surface area contributed by atoms with Gasteiger partial charge in [-0.1, -0.05) is 0 Å². The zero-order chi connectivity index (χ0) is 19.8. The van der Waals surface area contributed by atoms with Crippen LogP contribution in [0.4, 0.5) is 11.5 Å². The molecule has 1 fully saturated rings. The summed E-state index contributed by atoms with van der Waals surface area (Å²) < 4.78 is 1.66. The largest absolute Gasteiger partial charge is 0.493 e. The molecule has 1 aliphatic rings. The highest BCUT2D eigenvalue weighted by atomic mass is 16.3. The van der Waals surface area contributed by atoms with Crippen LogP contribution in [0.25, 0.3) is 11.7 Å². The van der Waals surface area contributed by atoms with Crippen molar-refractivity contribution in [3.8, 4) is 5.88 Å². The van der Waals surface area contributed by atoms with Crippen molar-refractivity contribution in [1.29, 1.82) is 0 Å². The molecule has 0 saturated heterocycles. The van der Waals surface area contributed by atoms with Crippen molar-refractivity contribution in [3.63, 3.8) is 0 Å². The van der Waals surface area contributed by atoms with Gasteiger partial charge in [0.15, 0.2) is 11.1 Å². The number of aromatic hydroxyl groups is 1. The molecule has 10 heteroatoms. The molecule has 0 unspecified atom stereocenters. The Hall–Kier alpha value is -3.95. The lowest BCUT2D eigenvalue weighted by Crippen LogP contribution is -2.20. The first-order valence-corrected chi connectivity index (χ1v) is 9.25. The molecule has 0 radical (unpaired) electrons. The number of hydrogen-bond acceptors (Lipinski definition) is 7. The van der Waals surface area contributed by atoms with Crippen LogP contribution in [0.3, 0.4) is 0 Å². The molecule has 1 saturated carbocycles. The number of H-pyrrole nitrogens is 2. The molecular weight excluding hydrogens is 372 g/mol. The molecule has 0 spiro atoms. The number of rotatable bonds is 5. The highest BCUT2D eigenvalue weighted by Crippen LogP contribution is 2.28. The average Bonchev–Trinajstić information content (AvgIpc) is 3.38. The molecule has 0 aromatic carbocycles. The SMILES string of the molecule is O=c1[nH]c(O)c(/C=c2\cnn3c(=NCC4CC4)cc(Nc4cccnc4)nc23)[nH]1. The van der Waals surface area contributed by atoms with E-state index in [2.05, 4.69) is 30.4 Å². The lowest BCUT2D eigenvalue weighted by atomic mass is 10.3. The summed E-state index contributed by atoms with van der Waals surface area (Å²) >= 11 is 0. The third-order valence-electron chi connectivity index (χ3n) is 4.66.